The molecule has 5 aliphatic rings. The molecule has 0 bridgehead atoms. The molecule has 2 aliphatic heterocycles. The summed E-state index contributed by atoms with van der Waals surface area (Å²) in [6.45, 7) is 19.8. The molecule has 71 heavy (non-hydrogen) atoms. The molecule has 3 aliphatic carbocycles. The highest BCUT2D eigenvalue weighted by Crippen LogP contribution is 2.65. The van der Waals surface area contributed by atoms with Crippen molar-refractivity contribution >= 4 is 22.7 Å². The lowest BCUT2D eigenvalue weighted by Gasteiger charge is -2.50. The minimum Gasteiger partial charge on any atom is -0.334 e. The summed E-state index contributed by atoms with van der Waals surface area (Å²) in [5.74, 6) is 0. The Kier molecular flexibility index (Phi) is 9.79. The van der Waals surface area contributed by atoms with E-state index in [1.807, 2.05) is 0 Å². The van der Waals surface area contributed by atoms with Gasteiger partial charge in [0.05, 0.1) is 16.5 Å². The van der Waals surface area contributed by atoms with Crippen molar-refractivity contribution in [2.24, 2.45) is 0 Å². The highest BCUT2D eigenvalue weighted by Gasteiger charge is 2.60. The zero-order valence-corrected chi connectivity index (χ0v) is 43.2. The second-order valence-electron chi connectivity index (χ2n) is 23.1. The van der Waals surface area contributed by atoms with Gasteiger partial charge in [0.25, 0.3) is 0 Å². The maximum atomic E-state index is 2.75. The molecule has 0 radical (unpaired) electrons. The van der Waals surface area contributed by atoms with Crippen LogP contribution in [0.4, 0.5) is 22.7 Å². The van der Waals surface area contributed by atoms with Crippen LogP contribution in [0.5, 0.6) is 0 Å². The van der Waals surface area contributed by atoms with Crippen molar-refractivity contribution in [2.45, 2.75) is 134 Å². The largest absolute Gasteiger partial charge is 0.334 e. The minimum atomic E-state index is -0.489. The van der Waals surface area contributed by atoms with E-state index < -0.39 is 5.41 Å². The summed E-state index contributed by atoms with van der Waals surface area (Å²) in [5, 5.41) is 0. The maximum absolute atomic E-state index is 2.75. The van der Waals surface area contributed by atoms with Gasteiger partial charge in [-0.25, -0.2) is 0 Å². The first-order chi connectivity index (χ1) is 34.4. The first kappa shape index (κ1) is 44.3. The molecular formula is C69H68N2. The van der Waals surface area contributed by atoms with Crippen molar-refractivity contribution in [3.05, 3.63) is 225 Å². The lowest BCUT2D eigenvalue weighted by molar-refractivity contribution is 0.195. The number of fused-ring (bicyclic) bond motifs is 9. The molecule has 2 heteroatoms. The molecule has 8 aromatic rings. The molecule has 2 saturated carbocycles. The minimum absolute atomic E-state index is 0.0100. The Morgan fingerprint density at radius 2 is 0.690 bits per heavy atom. The molecule has 0 spiro atoms. The van der Waals surface area contributed by atoms with E-state index in [-0.39, 0.29) is 21.9 Å². The van der Waals surface area contributed by atoms with Crippen LogP contribution in [0, 0.1) is 27.7 Å². The molecule has 4 unspecified atom stereocenters. The molecule has 2 fully saturated rings. The van der Waals surface area contributed by atoms with Crippen molar-refractivity contribution in [3.63, 3.8) is 0 Å². The average Bonchev–Trinajstić information content (AvgIpc) is 3.90. The summed E-state index contributed by atoms with van der Waals surface area (Å²) in [4.78, 5) is 5.50. The van der Waals surface area contributed by atoms with Gasteiger partial charge in [-0.1, -0.05) is 161 Å². The van der Waals surface area contributed by atoms with Crippen LogP contribution in [0.1, 0.15) is 135 Å². The van der Waals surface area contributed by atoms with Crippen LogP contribution in [0.3, 0.4) is 0 Å². The van der Waals surface area contributed by atoms with Crippen LogP contribution in [-0.2, 0) is 16.2 Å². The van der Waals surface area contributed by atoms with Crippen molar-refractivity contribution < 1.29 is 0 Å². The normalized spacial score (nSPS) is 24.5. The third-order valence-electron chi connectivity index (χ3n) is 20.1. The number of rotatable bonds is 6. The first-order valence-electron chi connectivity index (χ1n) is 26.8. The molecule has 4 atom stereocenters. The fourth-order valence-electron chi connectivity index (χ4n) is 15.7. The van der Waals surface area contributed by atoms with Crippen molar-refractivity contribution in [1.29, 1.82) is 0 Å². The molecule has 2 nitrogen and oxygen atoms in total. The topological polar surface area (TPSA) is 6.48 Å². The summed E-state index contributed by atoms with van der Waals surface area (Å²) in [5.41, 5.74) is 26.9. The van der Waals surface area contributed by atoms with E-state index in [0.717, 1.165) is 0 Å². The molecule has 0 saturated heterocycles. The predicted octanol–water partition coefficient (Wildman–Crippen LogP) is 18.1. The second-order valence-corrected chi connectivity index (χ2v) is 23.1. The maximum Gasteiger partial charge on any atom is 0.0713 e. The molecule has 0 N–H and O–H groups in total. The summed E-state index contributed by atoms with van der Waals surface area (Å²) >= 11 is 0. The van der Waals surface area contributed by atoms with Gasteiger partial charge >= 0.3 is 0 Å². The van der Waals surface area contributed by atoms with E-state index in [2.05, 4.69) is 235 Å². The van der Waals surface area contributed by atoms with Gasteiger partial charge in [-0.05, 0) is 205 Å². The third kappa shape index (κ3) is 5.77. The highest BCUT2D eigenvalue weighted by molar-refractivity contribution is 5.94. The number of para-hydroxylation sites is 2. The van der Waals surface area contributed by atoms with Crippen LogP contribution in [0.25, 0.3) is 33.4 Å². The van der Waals surface area contributed by atoms with E-state index in [4.69, 9.17) is 0 Å². The number of nitrogens with zero attached hydrogens (tertiary/aromatic N) is 2. The average molecular weight is 925 g/mol. The van der Waals surface area contributed by atoms with E-state index >= 15 is 0 Å². The summed E-state index contributed by atoms with van der Waals surface area (Å²) < 4.78 is 0. The van der Waals surface area contributed by atoms with Crippen LogP contribution >= 0.6 is 0 Å². The van der Waals surface area contributed by atoms with Gasteiger partial charge in [-0.3, -0.25) is 0 Å². The van der Waals surface area contributed by atoms with E-state index in [1.165, 1.54) is 163 Å². The standard InChI is InChI=1S/C69H68N2/c1-45-47(3)63-61(65(5)37-21-23-39-67(65,7)70(63)53-29-17-11-18-30-53)43-55(45)49-33-35-59-57(41-49)58-42-50(34-36-60(58)69(59,51-25-13-9-14-26-51)52-27-15-10-16-28-52)56-44-62-64(48(4)46(56)2)71(54-31-19-12-20-32-54)68(8)40-24-22-38-66(62,68)6/h9-20,25-36,41-44H,21-24,37-40H2,1-8H3. The predicted molar refractivity (Wildman–Crippen MR) is 299 cm³/mol. The molecular weight excluding hydrogens is 857 g/mol. The van der Waals surface area contributed by atoms with Gasteiger partial charge in [0.1, 0.15) is 0 Å². The fraction of sp³-hybridized carbons (Fsp3) is 0.304. The summed E-state index contributed by atoms with van der Waals surface area (Å²) in [6, 6.07) is 65.5. The zero-order chi connectivity index (χ0) is 48.7. The zero-order valence-electron chi connectivity index (χ0n) is 43.2. The van der Waals surface area contributed by atoms with Crippen LogP contribution in [0.2, 0.25) is 0 Å². The Morgan fingerprint density at radius 3 is 1.07 bits per heavy atom. The number of hydrogen-bond donors (Lipinski definition) is 0. The fourth-order valence-corrected chi connectivity index (χ4v) is 15.7. The number of anilines is 4. The Hall–Kier alpha value is -6.64. The van der Waals surface area contributed by atoms with E-state index in [1.54, 1.807) is 0 Å². The molecule has 8 aromatic carbocycles. The summed E-state index contributed by atoms with van der Waals surface area (Å²) in [6.07, 6.45) is 9.83. The smallest absolute Gasteiger partial charge is 0.0713 e. The number of hydrogen-bond acceptors (Lipinski definition) is 2. The van der Waals surface area contributed by atoms with Crippen molar-refractivity contribution in [3.8, 4) is 33.4 Å². The molecule has 13 rings (SSSR count). The van der Waals surface area contributed by atoms with Crippen molar-refractivity contribution in [2.75, 3.05) is 9.80 Å². The van der Waals surface area contributed by atoms with E-state index in [0.29, 0.717) is 0 Å². The monoisotopic (exact) mass is 925 g/mol. The second kappa shape index (κ2) is 15.7. The first-order valence-corrected chi connectivity index (χ1v) is 26.8. The molecule has 0 amide bonds. The molecule has 0 aromatic heterocycles. The lowest BCUT2D eigenvalue weighted by atomic mass is 9.61. The van der Waals surface area contributed by atoms with Crippen LogP contribution in [0.15, 0.2) is 170 Å². The lowest BCUT2D eigenvalue weighted by Crippen LogP contribution is -2.54. The molecule has 2 heterocycles. The van der Waals surface area contributed by atoms with Gasteiger partial charge in [-0.2, -0.15) is 0 Å². The Balaban J connectivity index is 1.04. The third-order valence-corrected chi connectivity index (χ3v) is 20.1. The van der Waals surface area contributed by atoms with Gasteiger partial charge in [0.2, 0.25) is 0 Å². The Labute approximate surface area is 423 Å². The van der Waals surface area contributed by atoms with Gasteiger partial charge < -0.3 is 9.80 Å². The number of benzene rings is 8. The van der Waals surface area contributed by atoms with Crippen LogP contribution in [-0.4, -0.2) is 11.1 Å². The highest BCUT2D eigenvalue weighted by atomic mass is 15.3. The molecule has 354 valence electrons. The van der Waals surface area contributed by atoms with Gasteiger partial charge in [0, 0.05) is 33.6 Å². The van der Waals surface area contributed by atoms with E-state index in [9.17, 15) is 0 Å². The SMILES string of the molecule is Cc1c(-c2ccc3c(c2)-c2cc(-c4cc5c(c(C)c4C)N(c4ccccc4)C4(C)CCCCC54C)ccc2C3(c2ccccc2)c2ccccc2)cc2c(c1C)N(c1ccccc1)C1(C)CCCCC21C. The van der Waals surface area contributed by atoms with Crippen LogP contribution < -0.4 is 9.80 Å². The Morgan fingerprint density at radius 1 is 0.338 bits per heavy atom. The summed E-state index contributed by atoms with van der Waals surface area (Å²) in [7, 11) is 0. The van der Waals surface area contributed by atoms with Gasteiger partial charge in [-0.15, -0.1) is 0 Å². The van der Waals surface area contributed by atoms with Gasteiger partial charge in [0.15, 0.2) is 0 Å². The van der Waals surface area contributed by atoms with Crippen molar-refractivity contribution in [1.82, 2.24) is 0 Å². The quantitative estimate of drug-likeness (QED) is 0.164. The Bertz CT molecular complexity index is 3200.